The highest BCUT2D eigenvalue weighted by molar-refractivity contribution is 6.30. The molecule has 6 heteroatoms. The second-order valence-corrected chi connectivity index (χ2v) is 6.71. The minimum Gasteiger partial charge on any atom is -0.384 e. The van der Waals surface area contributed by atoms with E-state index in [0.29, 0.717) is 22.4 Å². The number of aliphatic hydroxyl groups is 1. The van der Waals surface area contributed by atoms with Crippen LogP contribution in [0.25, 0.3) is 11.5 Å². The second-order valence-electron chi connectivity index (χ2n) is 6.27. The van der Waals surface area contributed by atoms with E-state index in [0.717, 1.165) is 17.7 Å². The fourth-order valence-electron chi connectivity index (χ4n) is 2.57. The molecule has 3 aromatic rings. The highest BCUT2D eigenvalue weighted by Crippen LogP contribution is 2.24. The van der Waals surface area contributed by atoms with Gasteiger partial charge in [-0.25, -0.2) is 9.97 Å². The SMILES string of the molecule is CCc1cc(NCC(C)(O)c2cccc(Cl)c2)nc(-c2ccccn2)n1. The lowest BCUT2D eigenvalue weighted by atomic mass is 9.96. The number of hydrogen-bond acceptors (Lipinski definition) is 5. The highest BCUT2D eigenvalue weighted by atomic mass is 35.5. The number of benzene rings is 1. The van der Waals surface area contributed by atoms with E-state index in [1.54, 1.807) is 25.3 Å². The predicted octanol–water partition coefficient (Wildman–Crippen LogP) is 4.07. The van der Waals surface area contributed by atoms with E-state index in [1.165, 1.54) is 0 Å². The molecule has 0 amide bonds. The molecule has 0 bridgehead atoms. The number of pyridine rings is 1. The molecule has 0 saturated heterocycles. The molecule has 134 valence electrons. The lowest BCUT2D eigenvalue weighted by molar-refractivity contribution is 0.0714. The van der Waals surface area contributed by atoms with Gasteiger partial charge in [-0.2, -0.15) is 0 Å². The van der Waals surface area contributed by atoms with Crippen molar-refractivity contribution in [3.8, 4) is 11.5 Å². The minimum absolute atomic E-state index is 0.287. The molecule has 26 heavy (non-hydrogen) atoms. The van der Waals surface area contributed by atoms with Gasteiger partial charge in [0, 0.05) is 29.5 Å². The molecule has 2 N–H and O–H groups in total. The van der Waals surface area contributed by atoms with Gasteiger partial charge in [0.05, 0.1) is 0 Å². The molecular formula is C20H21ClN4O. The molecule has 0 aliphatic heterocycles. The molecule has 0 radical (unpaired) electrons. The summed E-state index contributed by atoms with van der Waals surface area (Å²) in [6, 6.07) is 14.7. The normalized spacial score (nSPS) is 13.2. The Balaban J connectivity index is 1.83. The van der Waals surface area contributed by atoms with Gasteiger partial charge in [0.1, 0.15) is 17.1 Å². The summed E-state index contributed by atoms with van der Waals surface area (Å²) in [5, 5.41) is 14.6. The molecule has 0 fully saturated rings. The molecule has 0 aliphatic rings. The molecule has 1 unspecified atom stereocenters. The van der Waals surface area contributed by atoms with Crippen LogP contribution in [-0.2, 0) is 12.0 Å². The third-order valence-corrected chi connectivity index (χ3v) is 4.33. The number of hydrogen-bond donors (Lipinski definition) is 2. The summed E-state index contributed by atoms with van der Waals surface area (Å²) in [5.74, 6) is 1.22. The Bertz CT molecular complexity index is 884. The van der Waals surface area contributed by atoms with Crippen LogP contribution in [0.1, 0.15) is 25.1 Å². The van der Waals surface area contributed by atoms with Crippen LogP contribution in [0.3, 0.4) is 0 Å². The molecule has 0 spiro atoms. The Kier molecular flexibility index (Phi) is 5.49. The average molecular weight is 369 g/mol. The van der Waals surface area contributed by atoms with E-state index >= 15 is 0 Å². The summed E-state index contributed by atoms with van der Waals surface area (Å²) in [6.45, 7) is 4.07. The molecule has 1 atom stereocenters. The first kappa shape index (κ1) is 18.3. The van der Waals surface area contributed by atoms with Crippen molar-refractivity contribution in [2.75, 3.05) is 11.9 Å². The molecule has 5 nitrogen and oxygen atoms in total. The van der Waals surface area contributed by atoms with Crippen molar-refractivity contribution < 1.29 is 5.11 Å². The molecule has 3 rings (SSSR count). The monoisotopic (exact) mass is 368 g/mol. The van der Waals surface area contributed by atoms with Crippen molar-refractivity contribution in [2.24, 2.45) is 0 Å². The van der Waals surface area contributed by atoms with Crippen LogP contribution in [0, 0.1) is 0 Å². The lowest BCUT2D eigenvalue weighted by Crippen LogP contribution is -2.31. The van der Waals surface area contributed by atoms with Crippen molar-refractivity contribution in [3.05, 3.63) is 71.0 Å². The van der Waals surface area contributed by atoms with Gasteiger partial charge >= 0.3 is 0 Å². The van der Waals surface area contributed by atoms with E-state index in [4.69, 9.17) is 11.6 Å². The largest absolute Gasteiger partial charge is 0.384 e. The highest BCUT2D eigenvalue weighted by Gasteiger charge is 2.23. The Hall–Kier alpha value is -2.50. The Morgan fingerprint density at radius 1 is 1.12 bits per heavy atom. The Morgan fingerprint density at radius 2 is 1.96 bits per heavy atom. The van der Waals surface area contributed by atoms with Crippen molar-refractivity contribution in [2.45, 2.75) is 25.9 Å². The van der Waals surface area contributed by atoms with E-state index in [1.807, 2.05) is 43.3 Å². The van der Waals surface area contributed by atoms with Gasteiger partial charge in [-0.3, -0.25) is 4.98 Å². The van der Waals surface area contributed by atoms with Crippen LogP contribution in [0.5, 0.6) is 0 Å². The van der Waals surface area contributed by atoms with Crippen LogP contribution >= 0.6 is 11.6 Å². The van der Waals surface area contributed by atoms with Crippen LogP contribution in [0.2, 0.25) is 5.02 Å². The summed E-state index contributed by atoms with van der Waals surface area (Å²) >= 11 is 6.04. The standard InChI is InChI=1S/C20H21ClN4O/c1-3-16-12-18(25-19(24-16)17-9-4-5-10-22-17)23-13-20(2,26)14-7-6-8-15(21)11-14/h4-12,26H,3,13H2,1-2H3,(H,23,24,25). The van der Waals surface area contributed by atoms with Gasteiger partial charge in [-0.15, -0.1) is 0 Å². The minimum atomic E-state index is -1.09. The van der Waals surface area contributed by atoms with Gasteiger partial charge in [-0.1, -0.05) is 36.7 Å². The summed E-state index contributed by atoms with van der Waals surface area (Å²) in [6.07, 6.45) is 2.50. The van der Waals surface area contributed by atoms with E-state index in [2.05, 4.69) is 20.3 Å². The second kappa shape index (κ2) is 7.81. The number of nitrogens with zero attached hydrogens (tertiary/aromatic N) is 3. The zero-order chi connectivity index (χ0) is 18.6. The predicted molar refractivity (Wildman–Crippen MR) is 104 cm³/mol. The Labute approximate surface area is 158 Å². The maximum Gasteiger partial charge on any atom is 0.180 e. The zero-order valence-electron chi connectivity index (χ0n) is 14.8. The van der Waals surface area contributed by atoms with Crippen molar-refractivity contribution >= 4 is 17.4 Å². The summed E-state index contributed by atoms with van der Waals surface area (Å²) in [5.41, 5.74) is 1.28. The molecule has 1 aromatic carbocycles. The fourth-order valence-corrected chi connectivity index (χ4v) is 2.76. The van der Waals surface area contributed by atoms with Crippen molar-refractivity contribution in [3.63, 3.8) is 0 Å². The maximum absolute atomic E-state index is 10.8. The first-order chi connectivity index (χ1) is 12.5. The van der Waals surface area contributed by atoms with Crippen LogP contribution < -0.4 is 5.32 Å². The van der Waals surface area contributed by atoms with E-state index in [-0.39, 0.29) is 6.54 Å². The molecule has 2 heterocycles. The van der Waals surface area contributed by atoms with Gasteiger partial charge in [0.2, 0.25) is 0 Å². The van der Waals surface area contributed by atoms with Crippen LogP contribution in [0.15, 0.2) is 54.7 Å². The van der Waals surface area contributed by atoms with Crippen molar-refractivity contribution in [1.29, 1.82) is 0 Å². The number of rotatable bonds is 6. The molecule has 2 aromatic heterocycles. The smallest absolute Gasteiger partial charge is 0.180 e. The zero-order valence-corrected chi connectivity index (χ0v) is 15.5. The van der Waals surface area contributed by atoms with E-state index < -0.39 is 5.60 Å². The number of halogens is 1. The summed E-state index contributed by atoms with van der Waals surface area (Å²) in [7, 11) is 0. The number of aryl methyl sites for hydroxylation is 1. The van der Waals surface area contributed by atoms with Gasteiger partial charge in [0.15, 0.2) is 5.82 Å². The van der Waals surface area contributed by atoms with Crippen molar-refractivity contribution in [1.82, 2.24) is 15.0 Å². The van der Waals surface area contributed by atoms with Gasteiger partial charge < -0.3 is 10.4 Å². The third-order valence-electron chi connectivity index (χ3n) is 4.10. The first-order valence-corrected chi connectivity index (χ1v) is 8.87. The third kappa shape index (κ3) is 4.36. The first-order valence-electron chi connectivity index (χ1n) is 8.49. The summed E-state index contributed by atoms with van der Waals surface area (Å²) in [4.78, 5) is 13.4. The molecular weight excluding hydrogens is 348 g/mol. The lowest BCUT2D eigenvalue weighted by Gasteiger charge is -2.25. The Morgan fingerprint density at radius 3 is 2.65 bits per heavy atom. The number of anilines is 1. The average Bonchev–Trinajstić information content (AvgIpc) is 2.67. The van der Waals surface area contributed by atoms with Gasteiger partial charge in [0.25, 0.3) is 0 Å². The number of nitrogens with one attached hydrogen (secondary N) is 1. The van der Waals surface area contributed by atoms with Crippen LogP contribution in [-0.4, -0.2) is 26.6 Å². The molecule has 0 saturated carbocycles. The summed E-state index contributed by atoms with van der Waals surface area (Å²) < 4.78 is 0. The topological polar surface area (TPSA) is 70.9 Å². The quantitative estimate of drug-likeness (QED) is 0.686. The van der Waals surface area contributed by atoms with Crippen LogP contribution in [0.4, 0.5) is 5.82 Å². The maximum atomic E-state index is 10.8. The fraction of sp³-hybridized carbons (Fsp3) is 0.250. The van der Waals surface area contributed by atoms with Gasteiger partial charge in [-0.05, 0) is 43.2 Å². The number of aromatic nitrogens is 3. The van der Waals surface area contributed by atoms with E-state index in [9.17, 15) is 5.11 Å². The molecule has 0 aliphatic carbocycles.